The van der Waals surface area contributed by atoms with Crippen LogP contribution in [0.4, 0.5) is 5.82 Å². The van der Waals surface area contributed by atoms with Gasteiger partial charge in [0.05, 0.1) is 17.5 Å². The van der Waals surface area contributed by atoms with Crippen LogP contribution in [0.5, 0.6) is 0 Å². The molecule has 1 N–H and O–H groups in total. The summed E-state index contributed by atoms with van der Waals surface area (Å²) in [5, 5.41) is 2.89. The molecule has 2 atom stereocenters. The molecule has 8 heteroatoms. The SMILES string of the molecule is C[C@@H](C(=O)N[C@@H]1CCS(=O)(=O)C1)N1CCN(c2ccccn2)CC1. The van der Waals surface area contributed by atoms with Crippen molar-refractivity contribution in [2.75, 3.05) is 42.6 Å². The van der Waals surface area contributed by atoms with Gasteiger partial charge < -0.3 is 10.2 Å². The van der Waals surface area contributed by atoms with Gasteiger partial charge in [-0.25, -0.2) is 13.4 Å². The van der Waals surface area contributed by atoms with E-state index in [4.69, 9.17) is 0 Å². The van der Waals surface area contributed by atoms with Crippen molar-refractivity contribution in [3.05, 3.63) is 24.4 Å². The first-order valence-corrected chi connectivity index (χ1v) is 10.2. The minimum Gasteiger partial charge on any atom is -0.354 e. The molecule has 3 rings (SSSR count). The van der Waals surface area contributed by atoms with E-state index in [9.17, 15) is 13.2 Å². The summed E-state index contributed by atoms with van der Waals surface area (Å²) in [7, 11) is -2.97. The number of anilines is 1. The van der Waals surface area contributed by atoms with Gasteiger partial charge in [0.15, 0.2) is 9.84 Å². The molecule has 0 saturated carbocycles. The first kappa shape index (κ1) is 17.2. The number of hydrogen-bond donors (Lipinski definition) is 1. The standard InChI is InChI=1S/C16H24N4O3S/c1-13(16(21)18-14-5-11-24(22,23)12-14)19-7-9-20(10-8-19)15-4-2-3-6-17-15/h2-4,6,13-14H,5,7-12H2,1H3,(H,18,21)/t13-,14+/m0/s1. The maximum Gasteiger partial charge on any atom is 0.237 e. The number of piperazine rings is 1. The number of carbonyl (C=O) groups is 1. The van der Waals surface area contributed by atoms with E-state index in [1.54, 1.807) is 6.20 Å². The van der Waals surface area contributed by atoms with Gasteiger partial charge in [-0.3, -0.25) is 9.69 Å². The monoisotopic (exact) mass is 352 g/mol. The smallest absolute Gasteiger partial charge is 0.237 e. The first-order valence-electron chi connectivity index (χ1n) is 8.35. The second-order valence-corrected chi connectivity index (χ2v) is 8.72. The summed E-state index contributed by atoms with van der Waals surface area (Å²) in [5.41, 5.74) is 0. The second-order valence-electron chi connectivity index (χ2n) is 6.50. The molecule has 1 aromatic rings. The molecular weight excluding hydrogens is 328 g/mol. The number of rotatable bonds is 4. The zero-order valence-corrected chi connectivity index (χ0v) is 14.7. The van der Waals surface area contributed by atoms with Crippen molar-refractivity contribution in [3.63, 3.8) is 0 Å². The maximum absolute atomic E-state index is 12.4. The Kier molecular flexibility index (Phi) is 5.05. The van der Waals surface area contributed by atoms with Crippen molar-refractivity contribution >= 4 is 21.6 Å². The van der Waals surface area contributed by atoms with Crippen LogP contribution in [-0.2, 0) is 14.6 Å². The van der Waals surface area contributed by atoms with E-state index in [0.717, 1.165) is 32.0 Å². The van der Waals surface area contributed by atoms with E-state index in [1.807, 2.05) is 25.1 Å². The molecule has 1 amide bonds. The van der Waals surface area contributed by atoms with Crippen LogP contribution in [0.1, 0.15) is 13.3 Å². The lowest BCUT2D eigenvalue weighted by molar-refractivity contribution is -0.126. The van der Waals surface area contributed by atoms with Crippen LogP contribution < -0.4 is 10.2 Å². The Morgan fingerprint density at radius 2 is 2.04 bits per heavy atom. The van der Waals surface area contributed by atoms with E-state index < -0.39 is 9.84 Å². The van der Waals surface area contributed by atoms with Gasteiger partial charge in [-0.1, -0.05) is 6.07 Å². The molecule has 0 aromatic carbocycles. The lowest BCUT2D eigenvalue weighted by Crippen LogP contribution is -2.55. The highest BCUT2D eigenvalue weighted by Crippen LogP contribution is 2.15. The lowest BCUT2D eigenvalue weighted by atomic mass is 10.2. The molecule has 3 heterocycles. The van der Waals surface area contributed by atoms with Crippen LogP contribution in [-0.4, -0.2) is 74.0 Å². The molecule has 0 spiro atoms. The molecule has 2 fully saturated rings. The van der Waals surface area contributed by atoms with Crippen molar-refractivity contribution < 1.29 is 13.2 Å². The van der Waals surface area contributed by atoms with E-state index in [0.29, 0.717) is 6.42 Å². The van der Waals surface area contributed by atoms with Crippen molar-refractivity contribution in [2.24, 2.45) is 0 Å². The minimum atomic E-state index is -2.97. The first-order chi connectivity index (χ1) is 11.4. The number of sulfone groups is 1. The third-order valence-corrected chi connectivity index (χ3v) is 6.56. The highest BCUT2D eigenvalue weighted by Gasteiger charge is 2.32. The van der Waals surface area contributed by atoms with Crippen LogP contribution in [0.15, 0.2) is 24.4 Å². The largest absolute Gasteiger partial charge is 0.354 e. The van der Waals surface area contributed by atoms with E-state index in [-0.39, 0.29) is 29.5 Å². The fourth-order valence-electron chi connectivity index (χ4n) is 3.28. The van der Waals surface area contributed by atoms with Crippen LogP contribution in [0, 0.1) is 0 Å². The highest BCUT2D eigenvalue weighted by molar-refractivity contribution is 7.91. The third kappa shape index (κ3) is 4.05. The number of carbonyl (C=O) groups excluding carboxylic acids is 1. The summed E-state index contributed by atoms with van der Waals surface area (Å²) in [6, 6.07) is 5.38. The molecular formula is C16H24N4O3S. The molecule has 132 valence electrons. The van der Waals surface area contributed by atoms with Gasteiger partial charge in [0.1, 0.15) is 5.82 Å². The molecule has 1 aromatic heterocycles. The number of nitrogens with one attached hydrogen (secondary N) is 1. The van der Waals surface area contributed by atoms with Crippen LogP contribution in [0.2, 0.25) is 0 Å². The Balaban J connectivity index is 1.50. The summed E-state index contributed by atoms with van der Waals surface area (Å²) < 4.78 is 23.0. The lowest BCUT2D eigenvalue weighted by Gasteiger charge is -2.38. The average molecular weight is 352 g/mol. The number of hydrogen-bond acceptors (Lipinski definition) is 6. The third-order valence-electron chi connectivity index (χ3n) is 4.79. The Labute approximate surface area is 143 Å². The number of nitrogens with zero attached hydrogens (tertiary/aromatic N) is 3. The summed E-state index contributed by atoms with van der Waals surface area (Å²) in [6.45, 7) is 5.11. The number of pyridine rings is 1. The quantitative estimate of drug-likeness (QED) is 0.815. The summed E-state index contributed by atoms with van der Waals surface area (Å²) in [6.07, 6.45) is 2.31. The molecule has 2 aliphatic heterocycles. The molecule has 0 radical (unpaired) electrons. The van der Waals surface area contributed by atoms with Gasteiger partial charge in [-0.2, -0.15) is 0 Å². The number of amides is 1. The van der Waals surface area contributed by atoms with E-state index in [2.05, 4.69) is 20.1 Å². The van der Waals surface area contributed by atoms with Gasteiger partial charge in [-0.15, -0.1) is 0 Å². The van der Waals surface area contributed by atoms with Crippen LogP contribution >= 0.6 is 0 Å². The summed E-state index contributed by atoms with van der Waals surface area (Å²) in [5.74, 6) is 1.13. The molecule has 2 saturated heterocycles. The van der Waals surface area contributed by atoms with Crippen molar-refractivity contribution in [1.29, 1.82) is 0 Å². The zero-order chi connectivity index (χ0) is 17.2. The Morgan fingerprint density at radius 1 is 1.29 bits per heavy atom. The fourth-order valence-corrected chi connectivity index (χ4v) is 4.95. The number of aromatic nitrogens is 1. The molecule has 2 aliphatic rings. The van der Waals surface area contributed by atoms with Gasteiger partial charge >= 0.3 is 0 Å². The van der Waals surface area contributed by atoms with Crippen molar-refractivity contribution in [2.45, 2.75) is 25.4 Å². The Morgan fingerprint density at radius 3 is 2.62 bits per heavy atom. The van der Waals surface area contributed by atoms with Gasteiger partial charge in [0.2, 0.25) is 5.91 Å². The molecule has 0 aliphatic carbocycles. The predicted octanol–water partition coefficient (Wildman–Crippen LogP) is -0.105. The van der Waals surface area contributed by atoms with E-state index in [1.165, 1.54) is 0 Å². The van der Waals surface area contributed by atoms with Crippen LogP contribution in [0.25, 0.3) is 0 Å². The molecule has 0 bridgehead atoms. The van der Waals surface area contributed by atoms with Gasteiger partial charge in [0.25, 0.3) is 0 Å². The van der Waals surface area contributed by atoms with Crippen LogP contribution in [0.3, 0.4) is 0 Å². The summed E-state index contributed by atoms with van der Waals surface area (Å²) in [4.78, 5) is 21.1. The molecule has 24 heavy (non-hydrogen) atoms. The fraction of sp³-hybridized carbons (Fsp3) is 0.625. The maximum atomic E-state index is 12.4. The second kappa shape index (κ2) is 7.06. The van der Waals surface area contributed by atoms with Crippen molar-refractivity contribution in [1.82, 2.24) is 15.2 Å². The normalized spacial score (nSPS) is 25.4. The minimum absolute atomic E-state index is 0.0684. The highest BCUT2D eigenvalue weighted by atomic mass is 32.2. The zero-order valence-electron chi connectivity index (χ0n) is 13.9. The topological polar surface area (TPSA) is 82.6 Å². The Hall–Kier alpha value is -1.67. The van der Waals surface area contributed by atoms with Gasteiger partial charge in [-0.05, 0) is 25.5 Å². The average Bonchev–Trinajstić information content (AvgIpc) is 2.93. The molecule has 0 unspecified atom stereocenters. The van der Waals surface area contributed by atoms with Crippen molar-refractivity contribution in [3.8, 4) is 0 Å². The van der Waals surface area contributed by atoms with Gasteiger partial charge in [0, 0.05) is 38.4 Å². The summed E-state index contributed by atoms with van der Waals surface area (Å²) >= 11 is 0. The molecule has 7 nitrogen and oxygen atoms in total. The Bertz CT molecular complexity index is 672. The van der Waals surface area contributed by atoms with E-state index >= 15 is 0 Å². The predicted molar refractivity (Wildman–Crippen MR) is 92.7 cm³/mol.